The fraction of sp³-hybridized carbons (Fsp3) is 0.684. The van der Waals surface area contributed by atoms with Crippen molar-refractivity contribution in [1.29, 1.82) is 0 Å². The Labute approximate surface area is 161 Å². The van der Waals surface area contributed by atoms with Crippen molar-refractivity contribution in [2.75, 3.05) is 47.8 Å². The third-order valence-corrected chi connectivity index (χ3v) is 5.70. The van der Waals surface area contributed by atoms with Crippen molar-refractivity contribution >= 4 is 23.2 Å². The molecule has 146 valence electrons. The van der Waals surface area contributed by atoms with Crippen LogP contribution in [0, 0.1) is 5.41 Å². The average molecular weight is 380 g/mol. The summed E-state index contributed by atoms with van der Waals surface area (Å²) in [5, 5.41) is 8.96. The number of likely N-dealkylation sites (N-methyl/N-ethyl adjacent to an activating group) is 1. The van der Waals surface area contributed by atoms with Crippen molar-refractivity contribution in [2.45, 2.75) is 32.2 Å². The monoisotopic (exact) mass is 379 g/mol. The van der Waals surface area contributed by atoms with Gasteiger partial charge in [-0.25, -0.2) is 4.99 Å². The van der Waals surface area contributed by atoms with Gasteiger partial charge < -0.3 is 20.4 Å². The van der Waals surface area contributed by atoms with E-state index in [4.69, 9.17) is 0 Å². The Bertz CT molecular complexity index is 577. The van der Waals surface area contributed by atoms with E-state index in [9.17, 15) is 4.79 Å². The summed E-state index contributed by atoms with van der Waals surface area (Å²) in [6, 6.07) is 4.15. The van der Waals surface area contributed by atoms with E-state index in [0.717, 1.165) is 25.6 Å². The molecule has 7 heteroatoms. The number of aliphatic imine (C=N–C) groups is 1. The van der Waals surface area contributed by atoms with Crippen molar-refractivity contribution in [2.24, 2.45) is 10.4 Å². The van der Waals surface area contributed by atoms with Crippen LogP contribution in [0.15, 0.2) is 22.5 Å². The van der Waals surface area contributed by atoms with Gasteiger partial charge in [-0.15, -0.1) is 11.3 Å². The molecule has 1 fully saturated rings. The van der Waals surface area contributed by atoms with Crippen LogP contribution in [0.1, 0.15) is 30.6 Å². The van der Waals surface area contributed by atoms with Crippen LogP contribution < -0.4 is 10.6 Å². The summed E-state index contributed by atoms with van der Waals surface area (Å²) >= 11 is 1.72. The number of nitrogens with zero attached hydrogens (tertiary/aromatic N) is 3. The molecule has 1 aromatic heterocycles. The highest BCUT2D eigenvalue weighted by molar-refractivity contribution is 7.09. The smallest absolute Gasteiger partial charge is 0.243 e. The number of nitrogens with one attached hydrogen (secondary N) is 2. The lowest BCUT2D eigenvalue weighted by molar-refractivity contribution is -0.127. The first-order valence-corrected chi connectivity index (χ1v) is 10.2. The Morgan fingerprint density at radius 1 is 1.23 bits per heavy atom. The molecule has 1 aliphatic carbocycles. The van der Waals surface area contributed by atoms with E-state index in [0.29, 0.717) is 5.41 Å². The van der Waals surface area contributed by atoms with Gasteiger partial charge in [-0.2, -0.15) is 0 Å². The Kier molecular flexibility index (Phi) is 7.90. The molecule has 6 nitrogen and oxygen atoms in total. The first-order chi connectivity index (χ1) is 12.4. The lowest BCUT2D eigenvalue weighted by atomic mass is 9.85. The predicted molar refractivity (Wildman–Crippen MR) is 110 cm³/mol. The highest BCUT2D eigenvalue weighted by Gasteiger charge is 2.34. The van der Waals surface area contributed by atoms with E-state index >= 15 is 0 Å². The lowest BCUT2D eigenvalue weighted by Gasteiger charge is -2.33. The van der Waals surface area contributed by atoms with Gasteiger partial charge in [-0.1, -0.05) is 18.9 Å². The summed E-state index contributed by atoms with van der Waals surface area (Å²) in [6.07, 6.45) is 5.08. The highest BCUT2D eigenvalue weighted by Crippen LogP contribution is 2.37. The number of guanidine groups is 1. The van der Waals surface area contributed by atoms with Gasteiger partial charge in [0, 0.05) is 37.5 Å². The molecule has 1 aliphatic rings. The Hall–Kier alpha value is -1.60. The van der Waals surface area contributed by atoms with Gasteiger partial charge in [0.05, 0.1) is 6.54 Å². The maximum absolute atomic E-state index is 11.9. The fourth-order valence-corrected chi connectivity index (χ4v) is 4.15. The SMILES string of the molecule is CN(C)CC1(CNC(=NCC(=O)N(C)C)NCc2cccs2)CCCC1. The summed E-state index contributed by atoms with van der Waals surface area (Å²) in [5.74, 6) is 0.727. The topological polar surface area (TPSA) is 60.0 Å². The molecule has 0 spiro atoms. The van der Waals surface area contributed by atoms with Crippen molar-refractivity contribution in [3.63, 3.8) is 0 Å². The Morgan fingerprint density at radius 3 is 2.54 bits per heavy atom. The van der Waals surface area contributed by atoms with Crippen LogP contribution >= 0.6 is 11.3 Å². The minimum absolute atomic E-state index is 0.00564. The van der Waals surface area contributed by atoms with Crippen LogP contribution in [-0.2, 0) is 11.3 Å². The molecular weight excluding hydrogens is 346 g/mol. The fourth-order valence-electron chi connectivity index (χ4n) is 3.50. The maximum Gasteiger partial charge on any atom is 0.243 e. The molecule has 0 atom stereocenters. The van der Waals surface area contributed by atoms with E-state index in [1.807, 2.05) is 6.07 Å². The molecule has 1 amide bonds. The number of thiophene rings is 1. The number of carbonyl (C=O) groups excluding carboxylic acids is 1. The maximum atomic E-state index is 11.9. The molecule has 0 aromatic carbocycles. The number of amides is 1. The van der Waals surface area contributed by atoms with Gasteiger partial charge >= 0.3 is 0 Å². The largest absolute Gasteiger partial charge is 0.356 e. The second-order valence-corrected chi connectivity index (χ2v) is 8.72. The molecule has 1 aromatic rings. The second-order valence-electron chi connectivity index (χ2n) is 7.68. The first kappa shape index (κ1) is 20.7. The first-order valence-electron chi connectivity index (χ1n) is 9.30. The molecule has 26 heavy (non-hydrogen) atoms. The highest BCUT2D eigenvalue weighted by atomic mass is 32.1. The quantitative estimate of drug-likeness (QED) is 0.536. The van der Waals surface area contributed by atoms with Gasteiger partial charge in [-0.05, 0) is 38.4 Å². The van der Waals surface area contributed by atoms with Crippen LogP contribution in [0.3, 0.4) is 0 Å². The summed E-state index contributed by atoms with van der Waals surface area (Å²) < 4.78 is 0. The molecule has 0 bridgehead atoms. The standard InChI is InChI=1S/C19H33N5OS/c1-23(2)15-19(9-5-6-10-19)14-22-18(21-13-17(25)24(3)4)20-12-16-8-7-11-26-16/h7-8,11H,5-6,9-10,12-15H2,1-4H3,(H2,20,21,22). The average Bonchev–Trinajstić information content (AvgIpc) is 3.25. The molecule has 0 saturated heterocycles. The van der Waals surface area contributed by atoms with E-state index in [2.05, 4.69) is 46.1 Å². The number of hydrogen-bond acceptors (Lipinski definition) is 4. The Balaban J connectivity index is 1.99. The molecule has 2 N–H and O–H groups in total. The van der Waals surface area contributed by atoms with Crippen molar-refractivity contribution in [1.82, 2.24) is 20.4 Å². The zero-order valence-corrected chi connectivity index (χ0v) is 17.4. The van der Waals surface area contributed by atoms with E-state index < -0.39 is 0 Å². The summed E-state index contributed by atoms with van der Waals surface area (Å²) in [6.45, 7) is 2.85. The Morgan fingerprint density at radius 2 is 1.96 bits per heavy atom. The minimum Gasteiger partial charge on any atom is -0.356 e. The van der Waals surface area contributed by atoms with Crippen molar-refractivity contribution < 1.29 is 4.79 Å². The zero-order chi connectivity index (χ0) is 19.0. The summed E-state index contributed by atoms with van der Waals surface area (Å²) in [5.41, 5.74) is 0.292. The van der Waals surface area contributed by atoms with Gasteiger partial charge in [0.15, 0.2) is 5.96 Å². The van der Waals surface area contributed by atoms with Crippen LogP contribution in [0.25, 0.3) is 0 Å². The number of hydrogen-bond donors (Lipinski definition) is 2. The lowest BCUT2D eigenvalue weighted by Crippen LogP contribution is -2.46. The van der Waals surface area contributed by atoms with Gasteiger partial charge in [-0.3, -0.25) is 4.79 Å². The molecule has 2 rings (SSSR count). The molecule has 0 radical (unpaired) electrons. The summed E-state index contributed by atoms with van der Waals surface area (Å²) in [4.78, 5) is 21.5. The van der Waals surface area contributed by atoms with Gasteiger partial charge in [0.2, 0.25) is 5.91 Å². The van der Waals surface area contributed by atoms with Crippen LogP contribution in [0.4, 0.5) is 0 Å². The van der Waals surface area contributed by atoms with Crippen molar-refractivity contribution in [3.05, 3.63) is 22.4 Å². The molecule has 1 heterocycles. The third kappa shape index (κ3) is 6.61. The summed E-state index contributed by atoms with van der Waals surface area (Å²) in [7, 11) is 7.79. The minimum atomic E-state index is 0.00564. The van der Waals surface area contributed by atoms with E-state index in [1.54, 1.807) is 30.3 Å². The number of rotatable bonds is 8. The van der Waals surface area contributed by atoms with Gasteiger partial charge in [0.25, 0.3) is 0 Å². The van der Waals surface area contributed by atoms with Gasteiger partial charge in [0.1, 0.15) is 6.54 Å². The van der Waals surface area contributed by atoms with Crippen LogP contribution in [0.2, 0.25) is 0 Å². The molecule has 0 unspecified atom stereocenters. The molecule has 1 saturated carbocycles. The zero-order valence-electron chi connectivity index (χ0n) is 16.5. The predicted octanol–water partition coefficient (Wildman–Crippen LogP) is 1.99. The third-order valence-electron chi connectivity index (χ3n) is 4.83. The van der Waals surface area contributed by atoms with Crippen LogP contribution in [0.5, 0.6) is 0 Å². The number of carbonyl (C=O) groups is 1. The second kappa shape index (κ2) is 9.92. The van der Waals surface area contributed by atoms with Crippen molar-refractivity contribution in [3.8, 4) is 0 Å². The normalized spacial score (nSPS) is 16.7. The van der Waals surface area contributed by atoms with E-state index in [-0.39, 0.29) is 12.5 Å². The molecular formula is C19H33N5OS. The molecule has 0 aliphatic heterocycles. The van der Waals surface area contributed by atoms with E-state index in [1.165, 1.54) is 30.6 Å². The van der Waals surface area contributed by atoms with Crippen LogP contribution in [-0.4, -0.2) is 69.5 Å².